The molecular weight excluding hydrogens is 196 g/mol. The maximum absolute atomic E-state index is 11.6. The Labute approximate surface area is 86.7 Å². The number of imide groups is 1. The summed E-state index contributed by atoms with van der Waals surface area (Å²) in [4.78, 5) is 28.3. The summed E-state index contributed by atoms with van der Waals surface area (Å²) in [5, 5.41) is 6.31. The number of nitrogens with zero attached hydrogens (tertiary/aromatic N) is 3. The number of rotatable bonds is 2. The van der Waals surface area contributed by atoms with Gasteiger partial charge in [-0.25, -0.2) is 4.98 Å². The van der Waals surface area contributed by atoms with Crippen molar-refractivity contribution in [2.75, 3.05) is 0 Å². The van der Waals surface area contributed by atoms with Crippen molar-refractivity contribution in [3.8, 4) is 0 Å². The average Bonchev–Trinajstić information content (AvgIpc) is 2.67. The van der Waals surface area contributed by atoms with Crippen molar-refractivity contribution < 1.29 is 9.59 Å². The monoisotopic (exact) mass is 208 g/mol. The van der Waals surface area contributed by atoms with Gasteiger partial charge in [-0.2, -0.15) is 5.10 Å². The van der Waals surface area contributed by atoms with E-state index < -0.39 is 0 Å². The summed E-state index contributed by atoms with van der Waals surface area (Å²) in [6.45, 7) is 0.206. The van der Waals surface area contributed by atoms with E-state index in [0.29, 0.717) is 18.7 Å². The summed E-state index contributed by atoms with van der Waals surface area (Å²) in [5.41, 5.74) is 0. The Kier molecular flexibility index (Phi) is 2.75. The number of aromatic amines is 1. The van der Waals surface area contributed by atoms with E-state index in [2.05, 4.69) is 15.2 Å². The van der Waals surface area contributed by atoms with Crippen LogP contribution in [0.3, 0.4) is 0 Å². The Morgan fingerprint density at radius 3 is 2.47 bits per heavy atom. The Bertz CT molecular complexity index is 342. The van der Waals surface area contributed by atoms with Gasteiger partial charge in [0.25, 0.3) is 0 Å². The highest BCUT2D eigenvalue weighted by Gasteiger charge is 2.24. The quantitative estimate of drug-likeness (QED) is 0.706. The molecule has 1 aliphatic rings. The fraction of sp³-hybridized carbons (Fsp3) is 0.556. The molecule has 0 unspecified atom stereocenters. The van der Waals surface area contributed by atoms with Crippen LogP contribution >= 0.6 is 0 Å². The zero-order chi connectivity index (χ0) is 10.7. The molecule has 1 aliphatic heterocycles. The maximum Gasteiger partial charge on any atom is 0.229 e. The van der Waals surface area contributed by atoms with E-state index in [0.717, 1.165) is 12.8 Å². The van der Waals surface area contributed by atoms with Crippen LogP contribution in [0.15, 0.2) is 6.33 Å². The molecule has 1 N–H and O–H groups in total. The maximum atomic E-state index is 11.6. The number of likely N-dealkylation sites (tertiary alicyclic amines) is 1. The molecular formula is C9H12N4O2. The molecule has 80 valence electrons. The third-order valence-corrected chi connectivity index (χ3v) is 2.41. The van der Waals surface area contributed by atoms with Crippen LogP contribution < -0.4 is 0 Å². The molecule has 2 heterocycles. The lowest BCUT2D eigenvalue weighted by atomic mass is 10.2. The summed E-state index contributed by atoms with van der Waals surface area (Å²) in [6, 6.07) is 0. The molecule has 1 fully saturated rings. The van der Waals surface area contributed by atoms with Crippen LogP contribution in [0.4, 0.5) is 0 Å². The van der Waals surface area contributed by atoms with Crippen LogP contribution in [-0.4, -0.2) is 31.9 Å². The molecule has 6 heteroatoms. The van der Waals surface area contributed by atoms with Crippen LogP contribution in [0.2, 0.25) is 0 Å². The Balaban J connectivity index is 2.10. The predicted molar refractivity (Wildman–Crippen MR) is 50.4 cm³/mol. The standard InChI is InChI=1S/C9H12N4O2/c14-8-3-1-2-4-9(15)13(8)5-7-10-6-11-12-7/h6H,1-5H2,(H,10,11,12). The molecule has 1 aromatic rings. The molecule has 0 aromatic carbocycles. The van der Waals surface area contributed by atoms with Gasteiger partial charge in [0.15, 0.2) is 0 Å². The van der Waals surface area contributed by atoms with Crippen molar-refractivity contribution in [1.82, 2.24) is 20.1 Å². The summed E-state index contributed by atoms with van der Waals surface area (Å²) in [5.74, 6) is 0.307. The van der Waals surface area contributed by atoms with E-state index >= 15 is 0 Å². The smallest absolute Gasteiger partial charge is 0.229 e. The Morgan fingerprint density at radius 1 is 1.27 bits per heavy atom. The normalized spacial score (nSPS) is 18.0. The molecule has 0 atom stereocenters. The van der Waals surface area contributed by atoms with E-state index in [-0.39, 0.29) is 18.4 Å². The van der Waals surface area contributed by atoms with E-state index in [1.807, 2.05) is 0 Å². The molecule has 0 radical (unpaired) electrons. The second kappa shape index (κ2) is 4.20. The molecule has 1 saturated heterocycles. The summed E-state index contributed by atoms with van der Waals surface area (Å²) in [7, 11) is 0. The van der Waals surface area contributed by atoms with E-state index in [1.165, 1.54) is 11.2 Å². The van der Waals surface area contributed by atoms with Gasteiger partial charge in [-0.1, -0.05) is 0 Å². The number of nitrogens with one attached hydrogen (secondary N) is 1. The van der Waals surface area contributed by atoms with Gasteiger partial charge in [0.2, 0.25) is 11.8 Å². The molecule has 0 spiro atoms. The second-order valence-corrected chi connectivity index (χ2v) is 3.51. The highest BCUT2D eigenvalue weighted by Crippen LogP contribution is 2.14. The minimum absolute atomic E-state index is 0.117. The van der Waals surface area contributed by atoms with Crippen LogP contribution in [0, 0.1) is 0 Å². The molecule has 2 rings (SSSR count). The minimum atomic E-state index is -0.117. The van der Waals surface area contributed by atoms with Crippen molar-refractivity contribution >= 4 is 11.8 Å². The van der Waals surface area contributed by atoms with Crippen LogP contribution in [-0.2, 0) is 16.1 Å². The van der Waals surface area contributed by atoms with Gasteiger partial charge < -0.3 is 0 Å². The van der Waals surface area contributed by atoms with Gasteiger partial charge in [-0.15, -0.1) is 0 Å². The molecule has 0 saturated carbocycles. The number of hydrogen-bond donors (Lipinski definition) is 1. The first-order valence-corrected chi connectivity index (χ1v) is 4.95. The van der Waals surface area contributed by atoms with Crippen molar-refractivity contribution in [3.05, 3.63) is 12.2 Å². The van der Waals surface area contributed by atoms with Crippen molar-refractivity contribution in [3.63, 3.8) is 0 Å². The van der Waals surface area contributed by atoms with Gasteiger partial charge in [0, 0.05) is 12.8 Å². The number of carbonyl (C=O) groups is 2. The lowest BCUT2D eigenvalue weighted by Gasteiger charge is -2.16. The Hall–Kier alpha value is -1.72. The lowest BCUT2D eigenvalue weighted by molar-refractivity contribution is -0.144. The fourth-order valence-corrected chi connectivity index (χ4v) is 1.59. The summed E-state index contributed by atoms with van der Waals surface area (Å²) in [6.07, 6.45) is 3.83. The summed E-state index contributed by atoms with van der Waals surface area (Å²) >= 11 is 0. The lowest BCUT2D eigenvalue weighted by Crippen LogP contribution is -2.34. The predicted octanol–water partition coefficient (Wildman–Crippen LogP) is 0.234. The molecule has 2 amide bonds. The number of carbonyl (C=O) groups excluding carboxylic acids is 2. The van der Waals surface area contributed by atoms with Crippen LogP contribution in [0.25, 0.3) is 0 Å². The van der Waals surface area contributed by atoms with Crippen molar-refractivity contribution in [2.45, 2.75) is 32.2 Å². The molecule has 0 aliphatic carbocycles. The Morgan fingerprint density at radius 2 is 1.93 bits per heavy atom. The molecule has 1 aromatic heterocycles. The molecule has 6 nitrogen and oxygen atoms in total. The van der Waals surface area contributed by atoms with Crippen LogP contribution in [0.5, 0.6) is 0 Å². The SMILES string of the molecule is O=C1CCCCC(=O)N1Cc1ncn[nH]1. The fourth-order valence-electron chi connectivity index (χ4n) is 1.59. The number of H-pyrrole nitrogens is 1. The highest BCUT2D eigenvalue weighted by atomic mass is 16.2. The summed E-state index contributed by atoms with van der Waals surface area (Å²) < 4.78 is 0. The third-order valence-electron chi connectivity index (χ3n) is 2.41. The topological polar surface area (TPSA) is 79.0 Å². The first-order valence-electron chi connectivity index (χ1n) is 4.95. The minimum Gasteiger partial charge on any atom is -0.275 e. The molecule has 0 bridgehead atoms. The van der Waals surface area contributed by atoms with E-state index in [1.54, 1.807) is 0 Å². The van der Waals surface area contributed by atoms with Gasteiger partial charge in [0.1, 0.15) is 12.2 Å². The number of aromatic nitrogens is 3. The van der Waals surface area contributed by atoms with Gasteiger partial charge in [-0.05, 0) is 12.8 Å². The molecule has 15 heavy (non-hydrogen) atoms. The first-order chi connectivity index (χ1) is 7.27. The van der Waals surface area contributed by atoms with Gasteiger partial charge in [0.05, 0.1) is 6.54 Å². The number of amides is 2. The van der Waals surface area contributed by atoms with Crippen LogP contribution in [0.1, 0.15) is 31.5 Å². The van der Waals surface area contributed by atoms with Crippen molar-refractivity contribution in [1.29, 1.82) is 0 Å². The van der Waals surface area contributed by atoms with Gasteiger partial charge >= 0.3 is 0 Å². The second-order valence-electron chi connectivity index (χ2n) is 3.51. The van der Waals surface area contributed by atoms with E-state index in [4.69, 9.17) is 0 Å². The van der Waals surface area contributed by atoms with E-state index in [9.17, 15) is 9.59 Å². The highest BCUT2D eigenvalue weighted by molar-refractivity contribution is 5.95. The zero-order valence-corrected chi connectivity index (χ0v) is 8.27. The first kappa shape index (κ1) is 9.82. The number of hydrogen-bond acceptors (Lipinski definition) is 4. The van der Waals surface area contributed by atoms with Crippen molar-refractivity contribution in [2.24, 2.45) is 0 Å². The van der Waals surface area contributed by atoms with Gasteiger partial charge in [-0.3, -0.25) is 19.6 Å². The average molecular weight is 208 g/mol. The third kappa shape index (κ3) is 2.20. The zero-order valence-electron chi connectivity index (χ0n) is 8.27. The largest absolute Gasteiger partial charge is 0.275 e.